The second-order valence-corrected chi connectivity index (χ2v) is 6.70. The molecule has 2 heterocycles. The van der Waals surface area contributed by atoms with Crippen molar-refractivity contribution in [1.29, 1.82) is 0 Å². The maximum absolute atomic E-state index is 5.70. The fourth-order valence-corrected chi connectivity index (χ4v) is 4.53. The van der Waals surface area contributed by atoms with Crippen molar-refractivity contribution in [3.8, 4) is 0 Å². The number of piperidine rings is 1. The predicted molar refractivity (Wildman–Crippen MR) is 73.7 cm³/mol. The molecule has 2 aliphatic heterocycles. The summed E-state index contributed by atoms with van der Waals surface area (Å²) >= 11 is 0. The lowest BCUT2D eigenvalue weighted by Gasteiger charge is -2.42. The van der Waals surface area contributed by atoms with Gasteiger partial charge in [-0.05, 0) is 51.6 Å². The van der Waals surface area contributed by atoms with Crippen LogP contribution in [-0.2, 0) is 4.74 Å². The fourth-order valence-electron chi connectivity index (χ4n) is 4.53. The number of nitrogens with zero attached hydrogens (tertiary/aromatic N) is 1. The third-order valence-corrected chi connectivity index (χ3v) is 5.38. The number of ether oxygens (including phenoxy) is 1. The molecule has 0 aromatic heterocycles. The molecule has 3 unspecified atom stereocenters. The topological polar surface area (TPSA) is 24.5 Å². The Labute approximate surface area is 111 Å². The van der Waals surface area contributed by atoms with Crippen molar-refractivity contribution in [3.63, 3.8) is 0 Å². The Kier molecular flexibility index (Phi) is 3.92. The highest BCUT2D eigenvalue weighted by molar-refractivity contribution is 4.95. The number of rotatable bonds is 4. The highest BCUT2D eigenvalue weighted by atomic mass is 16.5. The molecule has 0 aromatic carbocycles. The first-order chi connectivity index (χ1) is 8.83. The maximum Gasteiger partial charge on any atom is 0.0547 e. The minimum Gasteiger partial charge on any atom is -0.381 e. The zero-order valence-electron chi connectivity index (χ0n) is 11.8. The maximum atomic E-state index is 5.70. The largest absolute Gasteiger partial charge is 0.381 e. The smallest absolute Gasteiger partial charge is 0.0547 e. The molecule has 1 saturated carbocycles. The van der Waals surface area contributed by atoms with Crippen molar-refractivity contribution >= 4 is 0 Å². The van der Waals surface area contributed by atoms with Crippen molar-refractivity contribution in [2.45, 2.75) is 44.6 Å². The average molecular weight is 252 g/mol. The number of nitrogens with one attached hydrogen (secondary N) is 1. The molecule has 3 fully saturated rings. The zero-order chi connectivity index (χ0) is 12.4. The first-order valence-electron chi connectivity index (χ1n) is 7.79. The summed E-state index contributed by atoms with van der Waals surface area (Å²) in [5.41, 5.74) is 0.388. The lowest BCUT2D eigenvalue weighted by Crippen LogP contribution is -2.50. The third kappa shape index (κ3) is 2.45. The minimum absolute atomic E-state index is 0.388. The van der Waals surface area contributed by atoms with Crippen LogP contribution in [0.4, 0.5) is 0 Å². The highest BCUT2D eigenvalue weighted by Crippen LogP contribution is 2.39. The molecule has 1 aliphatic carbocycles. The molecule has 0 spiro atoms. The van der Waals surface area contributed by atoms with Gasteiger partial charge in [-0.2, -0.15) is 0 Å². The minimum atomic E-state index is 0.388. The van der Waals surface area contributed by atoms with Gasteiger partial charge in [0.15, 0.2) is 0 Å². The molecule has 0 radical (unpaired) electrons. The lowest BCUT2D eigenvalue weighted by molar-refractivity contribution is 0.0500. The van der Waals surface area contributed by atoms with Gasteiger partial charge < -0.3 is 10.1 Å². The van der Waals surface area contributed by atoms with Crippen LogP contribution in [-0.4, -0.2) is 50.8 Å². The fraction of sp³-hybridized carbons (Fsp3) is 1.00. The van der Waals surface area contributed by atoms with E-state index in [2.05, 4.69) is 17.3 Å². The molecule has 0 amide bonds. The van der Waals surface area contributed by atoms with Crippen LogP contribution >= 0.6 is 0 Å². The molecule has 3 atom stereocenters. The Morgan fingerprint density at radius 3 is 2.94 bits per heavy atom. The highest BCUT2D eigenvalue weighted by Gasteiger charge is 2.41. The van der Waals surface area contributed by atoms with Gasteiger partial charge in [-0.15, -0.1) is 0 Å². The van der Waals surface area contributed by atoms with Crippen molar-refractivity contribution in [1.82, 2.24) is 10.2 Å². The monoisotopic (exact) mass is 252 g/mol. The van der Waals surface area contributed by atoms with Gasteiger partial charge in [0.2, 0.25) is 0 Å². The number of hydrogen-bond donors (Lipinski definition) is 1. The molecular weight excluding hydrogens is 224 g/mol. The van der Waals surface area contributed by atoms with Crippen LogP contribution in [0.2, 0.25) is 0 Å². The molecule has 0 bridgehead atoms. The van der Waals surface area contributed by atoms with Crippen molar-refractivity contribution in [2.75, 3.05) is 39.9 Å². The van der Waals surface area contributed by atoms with E-state index >= 15 is 0 Å². The van der Waals surface area contributed by atoms with Gasteiger partial charge in [-0.3, -0.25) is 4.90 Å². The van der Waals surface area contributed by atoms with Gasteiger partial charge in [0, 0.05) is 31.2 Å². The second-order valence-electron chi connectivity index (χ2n) is 6.70. The molecule has 1 N–H and O–H groups in total. The summed E-state index contributed by atoms with van der Waals surface area (Å²) in [6.07, 6.45) is 8.52. The summed E-state index contributed by atoms with van der Waals surface area (Å²) in [5.74, 6) is 1.01. The van der Waals surface area contributed by atoms with E-state index in [1.807, 2.05) is 0 Å². The van der Waals surface area contributed by atoms with Crippen LogP contribution in [0.25, 0.3) is 0 Å². The molecule has 3 heteroatoms. The molecule has 2 saturated heterocycles. The van der Waals surface area contributed by atoms with E-state index in [4.69, 9.17) is 4.74 Å². The van der Waals surface area contributed by atoms with Crippen molar-refractivity contribution in [2.24, 2.45) is 11.3 Å². The van der Waals surface area contributed by atoms with Crippen LogP contribution in [0.5, 0.6) is 0 Å². The van der Waals surface area contributed by atoms with E-state index in [0.29, 0.717) is 5.41 Å². The van der Waals surface area contributed by atoms with Crippen LogP contribution in [0.15, 0.2) is 0 Å². The van der Waals surface area contributed by atoms with E-state index in [1.54, 1.807) is 0 Å². The Morgan fingerprint density at radius 2 is 2.17 bits per heavy atom. The number of hydrogen-bond acceptors (Lipinski definition) is 3. The van der Waals surface area contributed by atoms with Gasteiger partial charge in [-0.1, -0.05) is 6.42 Å². The Balaban J connectivity index is 1.66. The molecule has 3 aliphatic rings. The standard InChI is InChI=1S/C15H28N2O/c1-16-10-15(7-9-18-12-15)11-17-8-3-5-13-4-2-6-14(13)17/h13-14,16H,2-12H2,1H3. The lowest BCUT2D eigenvalue weighted by atomic mass is 9.83. The predicted octanol–water partition coefficient (Wildman–Crippen LogP) is 1.88. The van der Waals surface area contributed by atoms with E-state index in [1.165, 1.54) is 51.6 Å². The number of likely N-dealkylation sites (tertiary alicyclic amines) is 1. The van der Waals surface area contributed by atoms with Crippen LogP contribution in [0, 0.1) is 11.3 Å². The SMILES string of the molecule is CNCC1(CN2CCCC3CCCC32)CCOC1. The molecule has 3 rings (SSSR count). The molecule has 18 heavy (non-hydrogen) atoms. The average Bonchev–Trinajstić information content (AvgIpc) is 2.99. The van der Waals surface area contributed by atoms with E-state index < -0.39 is 0 Å². The Bertz CT molecular complexity index is 276. The van der Waals surface area contributed by atoms with Crippen molar-refractivity contribution < 1.29 is 4.74 Å². The van der Waals surface area contributed by atoms with Gasteiger partial charge in [0.05, 0.1) is 6.61 Å². The summed E-state index contributed by atoms with van der Waals surface area (Å²) in [7, 11) is 2.08. The van der Waals surface area contributed by atoms with E-state index in [9.17, 15) is 0 Å². The normalized spacial score (nSPS) is 41.2. The van der Waals surface area contributed by atoms with Crippen LogP contribution in [0.1, 0.15) is 38.5 Å². The summed E-state index contributed by atoms with van der Waals surface area (Å²) in [5, 5.41) is 3.39. The van der Waals surface area contributed by atoms with Crippen LogP contribution < -0.4 is 5.32 Å². The Hall–Kier alpha value is -0.120. The summed E-state index contributed by atoms with van der Waals surface area (Å²) in [4.78, 5) is 2.81. The van der Waals surface area contributed by atoms with Gasteiger partial charge >= 0.3 is 0 Å². The first-order valence-corrected chi connectivity index (χ1v) is 7.79. The second kappa shape index (κ2) is 5.48. The number of fused-ring (bicyclic) bond motifs is 1. The zero-order valence-corrected chi connectivity index (χ0v) is 11.8. The van der Waals surface area contributed by atoms with Gasteiger partial charge in [0.25, 0.3) is 0 Å². The third-order valence-electron chi connectivity index (χ3n) is 5.38. The molecule has 0 aromatic rings. The van der Waals surface area contributed by atoms with E-state index in [0.717, 1.165) is 31.7 Å². The molecule has 104 valence electrons. The summed E-state index contributed by atoms with van der Waals surface area (Å²) < 4.78 is 5.70. The quantitative estimate of drug-likeness (QED) is 0.827. The first kappa shape index (κ1) is 12.9. The van der Waals surface area contributed by atoms with Crippen molar-refractivity contribution in [3.05, 3.63) is 0 Å². The van der Waals surface area contributed by atoms with Crippen LogP contribution in [0.3, 0.4) is 0 Å². The molecular formula is C15H28N2O. The van der Waals surface area contributed by atoms with E-state index in [-0.39, 0.29) is 0 Å². The summed E-state index contributed by atoms with van der Waals surface area (Å²) in [6.45, 7) is 5.62. The van der Waals surface area contributed by atoms with Gasteiger partial charge in [0.1, 0.15) is 0 Å². The Morgan fingerprint density at radius 1 is 1.28 bits per heavy atom. The summed E-state index contributed by atoms with van der Waals surface area (Å²) in [6, 6.07) is 0.896. The molecule has 3 nitrogen and oxygen atoms in total. The van der Waals surface area contributed by atoms with Gasteiger partial charge in [-0.25, -0.2) is 0 Å².